The van der Waals surface area contributed by atoms with Crippen molar-refractivity contribution in [2.45, 2.75) is 89.1 Å². The van der Waals surface area contributed by atoms with Crippen molar-refractivity contribution in [1.29, 1.82) is 0 Å². The predicted molar refractivity (Wildman–Crippen MR) is 112 cm³/mol. The maximum Gasteiger partial charge on any atom is 0.251 e. The zero-order valence-electron chi connectivity index (χ0n) is 16.8. The quantitative estimate of drug-likeness (QED) is 0.806. The minimum atomic E-state index is 0.0156. The summed E-state index contributed by atoms with van der Waals surface area (Å²) in [5.74, 6) is 0.0940. The normalized spacial score (nSPS) is 20.8. The predicted octanol–water partition coefficient (Wildman–Crippen LogP) is 4.53. The van der Waals surface area contributed by atoms with Gasteiger partial charge in [0.05, 0.1) is 0 Å². The van der Waals surface area contributed by atoms with Crippen molar-refractivity contribution in [2.24, 2.45) is 0 Å². The molecule has 0 aliphatic heterocycles. The first-order valence-electron chi connectivity index (χ1n) is 11.1. The van der Waals surface area contributed by atoms with E-state index < -0.39 is 0 Å². The minimum Gasteiger partial charge on any atom is -0.350 e. The van der Waals surface area contributed by atoms with Crippen LogP contribution in [0.3, 0.4) is 0 Å². The van der Waals surface area contributed by atoms with E-state index in [0.717, 1.165) is 49.7 Å². The molecule has 0 saturated heterocycles. The van der Waals surface area contributed by atoms with Gasteiger partial charge in [0.1, 0.15) is 0 Å². The zero-order chi connectivity index (χ0) is 19.3. The Morgan fingerprint density at radius 2 is 1.36 bits per heavy atom. The molecule has 1 aromatic rings. The van der Waals surface area contributed by atoms with Crippen LogP contribution in [0.25, 0.3) is 6.08 Å². The van der Waals surface area contributed by atoms with Crippen molar-refractivity contribution in [1.82, 2.24) is 10.6 Å². The van der Waals surface area contributed by atoms with Gasteiger partial charge in [0, 0.05) is 23.2 Å². The van der Waals surface area contributed by atoms with Crippen LogP contribution >= 0.6 is 0 Å². The monoisotopic (exact) mass is 380 g/mol. The summed E-state index contributed by atoms with van der Waals surface area (Å²) in [6.45, 7) is 0. The number of hydrogen-bond donors (Lipinski definition) is 2. The van der Waals surface area contributed by atoms with E-state index in [9.17, 15) is 9.59 Å². The number of carbonyl (C=O) groups is 2. The Hall–Kier alpha value is -2.10. The maximum absolute atomic E-state index is 12.7. The van der Waals surface area contributed by atoms with Gasteiger partial charge in [-0.25, -0.2) is 0 Å². The van der Waals surface area contributed by atoms with Gasteiger partial charge >= 0.3 is 0 Å². The average molecular weight is 381 g/mol. The first-order valence-corrected chi connectivity index (χ1v) is 11.1. The van der Waals surface area contributed by atoms with Crippen molar-refractivity contribution < 1.29 is 9.59 Å². The van der Waals surface area contributed by atoms with Crippen molar-refractivity contribution in [3.05, 3.63) is 40.5 Å². The fraction of sp³-hybridized carbons (Fsp3) is 0.583. The SMILES string of the molecule is O=C(NC1CCCCC1)C1=Cc2cc(C(=O)NC3CCCCC3)ccc2CC1. The summed E-state index contributed by atoms with van der Waals surface area (Å²) < 4.78 is 0. The van der Waals surface area contributed by atoms with Crippen molar-refractivity contribution in [3.8, 4) is 0 Å². The summed E-state index contributed by atoms with van der Waals surface area (Å²) in [5, 5.41) is 6.42. The van der Waals surface area contributed by atoms with E-state index in [1.807, 2.05) is 18.2 Å². The van der Waals surface area contributed by atoms with E-state index in [1.165, 1.54) is 44.1 Å². The summed E-state index contributed by atoms with van der Waals surface area (Å²) in [7, 11) is 0. The molecule has 0 radical (unpaired) electrons. The average Bonchev–Trinajstić information content (AvgIpc) is 2.74. The number of fused-ring (bicyclic) bond motifs is 1. The molecule has 2 fully saturated rings. The molecule has 0 aromatic heterocycles. The number of nitrogens with one attached hydrogen (secondary N) is 2. The van der Waals surface area contributed by atoms with Crippen molar-refractivity contribution >= 4 is 17.9 Å². The molecule has 0 atom stereocenters. The fourth-order valence-corrected chi connectivity index (χ4v) is 4.85. The van der Waals surface area contributed by atoms with E-state index in [-0.39, 0.29) is 11.8 Å². The number of hydrogen-bond acceptors (Lipinski definition) is 2. The molecule has 4 heteroatoms. The molecule has 4 rings (SSSR count). The molecular formula is C24H32N2O2. The van der Waals surface area contributed by atoms with Crippen LogP contribution in [0.15, 0.2) is 23.8 Å². The van der Waals surface area contributed by atoms with Crippen LogP contribution in [0.4, 0.5) is 0 Å². The van der Waals surface area contributed by atoms with Crippen molar-refractivity contribution in [2.75, 3.05) is 0 Å². The molecule has 4 nitrogen and oxygen atoms in total. The Morgan fingerprint density at radius 1 is 0.750 bits per heavy atom. The molecular weight excluding hydrogens is 348 g/mol. The topological polar surface area (TPSA) is 58.2 Å². The molecule has 3 aliphatic carbocycles. The highest BCUT2D eigenvalue weighted by Gasteiger charge is 2.22. The second kappa shape index (κ2) is 8.93. The largest absolute Gasteiger partial charge is 0.350 e. The fourth-order valence-electron chi connectivity index (χ4n) is 4.85. The van der Waals surface area contributed by atoms with Crippen LogP contribution < -0.4 is 10.6 Å². The Kier molecular flexibility index (Phi) is 6.13. The summed E-state index contributed by atoms with van der Waals surface area (Å²) >= 11 is 0. The van der Waals surface area contributed by atoms with Gasteiger partial charge in [-0.05, 0) is 67.9 Å². The number of aryl methyl sites for hydroxylation is 1. The molecule has 2 saturated carbocycles. The summed E-state index contributed by atoms with van der Waals surface area (Å²) in [5.41, 5.74) is 3.80. The molecule has 1 aromatic carbocycles. The van der Waals surface area contributed by atoms with Gasteiger partial charge < -0.3 is 10.6 Å². The summed E-state index contributed by atoms with van der Waals surface area (Å²) in [4.78, 5) is 25.4. The molecule has 3 aliphatic rings. The molecule has 0 unspecified atom stereocenters. The highest BCUT2D eigenvalue weighted by atomic mass is 16.2. The molecule has 150 valence electrons. The van der Waals surface area contributed by atoms with E-state index in [4.69, 9.17) is 0 Å². The molecule has 0 heterocycles. The number of amides is 2. The number of benzene rings is 1. The second-order valence-corrected chi connectivity index (χ2v) is 8.70. The van der Waals surface area contributed by atoms with E-state index >= 15 is 0 Å². The third-order valence-electron chi connectivity index (χ3n) is 6.57. The third kappa shape index (κ3) is 4.65. The van der Waals surface area contributed by atoms with E-state index in [2.05, 4.69) is 16.7 Å². The number of carbonyl (C=O) groups excluding carboxylic acids is 2. The molecule has 0 spiro atoms. The number of rotatable bonds is 4. The van der Waals surface area contributed by atoms with Crippen molar-refractivity contribution in [3.63, 3.8) is 0 Å². The van der Waals surface area contributed by atoms with Crippen LogP contribution in [-0.4, -0.2) is 23.9 Å². The summed E-state index contributed by atoms with van der Waals surface area (Å²) in [6, 6.07) is 6.58. The highest BCUT2D eigenvalue weighted by Crippen LogP contribution is 2.26. The lowest BCUT2D eigenvalue weighted by molar-refractivity contribution is -0.118. The van der Waals surface area contributed by atoms with Crippen LogP contribution in [0, 0.1) is 0 Å². The van der Waals surface area contributed by atoms with Crippen LogP contribution in [-0.2, 0) is 11.2 Å². The van der Waals surface area contributed by atoms with Gasteiger partial charge in [0.2, 0.25) is 5.91 Å². The first kappa shape index (κ1) is 19.2. The van der Waals surface area contributed by atoms with Gasteiger partial charge in [-0.2, -0.15) is 0 Å². The molecule has 0 bridgehead atoms. The highest BCUT2D eigenvalue weighted by molar-refractivity contribution is 6.00. The zero-order valence-corrected chi connectivity index (χ0v) is 16.8. The van der Waals surface area contributed by atoms with Crippen LogP contribution in [0.1, 0.15) is 92.1 Å². The standard InChI is InChI=1S/C24H32N2O2/c27-23(25-21-7-3-1-4-8-21)18-13-11-17-12-14-19(16-20(17)15-18)24(28)26-22-9-5-2-6-10-22/h11,13,15-16,21-22H,1-10,12,14H2,(H,25,27)(H,26,28). The smallest absolute Gasteiger partial charge is 0.251 e. The van der Waals surface area contributed by atoms with Crippen LogP contribution in [0.5, 0.6) is 0 Å². The molecule has 2 N–H and O–H groups in total. The van der Waals surface area contributed by atoms with Gasteiger partial charge in [-0.15, -0.1) is 0 Å². The molecule has 2 amide bonds. The van der Waals surface area contributed by atoms with E-state index in [0.29, 0.717) is 17.6 Å². The van der Waals surface area contributed by atoms with Gasteiger partial charge in [0.25, 0.3) is 5.91 Å². The van der Waals surface area contributed by atoms with E-state index in [1.54, 1.807) is 0 Å². The minimum absolute atomic E-state index is 0.0156. The third-order valence-corrected chi connectivity index (χ3v) is 6.57. The first-order chi connectivity index (χ1) is 13.7. The van der Waals surface area contributed by atoms with Gasteiger partial charge in [-0.1, -0.05) is 44.6 Å². The van der Waals surface area contributed by atoms with Crippen LogP contribution in [0.2, 0.25) is 0 Å². The lowest BCUT2D eigenvalue weighted by atomic mass is 9.89. The van der Waals surface area contributed by atoms with Gasteiger partial charge in [0.15, 0.2) is 0 Å². The molecule has 28 heavy (non-hydrogen) atoms. The second-order valence-electron chi connectivity index (χ2n) is 8.70. The Labute approximate surface area is 168 Å². The maximum atomic E-state index is 12.7. The Morgan fingerprint density at radius 3 is 2.00 bits per heavy atom. The summed E-state index contributed by atoms with van der Waals surface area (Å²) in [6.07, 6.45) is 15.4. The Bertz CT molecular complexity index is 756. The van der Waals surface area contributed by atoms with Gasteiger partial charge in [-0.3, -0.25) is 9.59 Å². The lowest BCUT2D eigenvalue weighted by Crippen LogP contribution is -2.37. The Balaban J connectivity index is 1.43. The lowest BCUT2D eigenvalue weighted by Gasteiger charge is -2.25.